The number of likely N-dealkylation sites (tertiary alicyclic amines) is 1. The van der Waals surface area contributed by atoms with E-state index in [0.29, 0.717) is 46.7 Å². The highest BCUT2D eigenvalue weighted by molar-refractivity contribution is 6.06. The van der Waals surface area contributed by atoms with Gasteiger partial charge in [-0.2, -0.15) is 0 Å². The van der Waals surface area contributed by atoms with Crippen molar-refractivity contribution in [1.29, 1.82) is 0 Å². The molecule has 1 aliphatic heterocycles. The number of aromatic nitrogens is 4. The first-order valence-electron chi connectivity index (χ1n) is 11.5. The van der Waals surface area contributed by atoms with Gasteiger partial charge in [-0.25, -0.2) is 9.97 Å². The predicted octanol–water partition coefficient (Wildman–Crippen LogP) is 3.37. The molecule has 1 atom stereocenters. The Hall–Kier alpha value is -4.05. The number of carbonyl (C=O) groups excluding carboxylic acids is 2. The predicted molar refractivity (Wildman–Crippen MR) is 130 cm³/mol. The average Bonchev–Trinajstić information content (AvgIpc) is 3.35. The number of nitrogens with one attached hydrogen (secondary N) is 1. The van der Waals surface area contributed by atoms with E-state index in [2.05, 4.69) is 21.9 Å². The van der Waals surface area contributed by atoms with Crippen LogP contribution in [0.5, 0.6) is 0 Å². The van der Waals surface area contributed by atoms with Crippen LogP contribution in [0.1, 0.15) is 47.2 Å². The summed E-state index contributed by atoms with van der Waals surface area (Å²) >= 11 is 0. The molecule has 2 amide bonds. The first kappa shape index (κ1) is 22.7. The van der Waals surface area contributed by atoms with Gasteiger partial charge >= 0.3 is 0 Å². The fourth-order valence-electron chi connectivity index (χ4n) is 4.65. The lowest BCUT2D eigenvalue weighted by Gasteiger charge is -2.26. The number of imidazole rings is 1. The number of carbonyl (C=O) groups is 2. The summed E-state index contributed by atoms with van der Waals surface area (Å²) in [6.45, 7) is 6.20. The molecule has 0 bridgehead atoms. The van der Waals surface area contributed by atoms with Crippen LogP contribution in [0, 0.1) is 6.92 Å². The second-order valence-electron chi connectivity index (χ2n) is 8.63. The Balaban J connectivity index is 1.66. The molecule has 4 aromatic rings. The number of amides is 2. The molecular weight excluding hydrogens is 448 g/mol. The van der Waals surface area contributed by atoms with E-state index in [1.165, 1.54) is 6.08 Å². The SMILES string of the molecule is C=CC(=O)N1CCCC[C@@H](n2c(NC(=O)c3ccnc(C)c3)nc3ccc4oc(CO)nc4c32)C1. The molecule has 1 aliphatic rings. The molecule has 0 radical (unpaired) electrons. The van der Waals surface area contributed by atoms with Crippen LogP contribution in [0.25, 0.3) is 22.1 Å². The Labute approximate surface area is 201 Å². The Morgan fingerprint density at radius 1 is 1.29 bits per heavy atom. The van der Waals surface area contributed by atoms with E-state index in [9.17, 15) is 14.7 Å². The minimum Gasteiger partial charge on any atom is -0.438 e. The summed E-state index contributed by atoms with van der Waals surface area (Å²) < 4.78 is 7.61. The van der Waals surface area contributed by atoms with Gasteiger partial charge < -0.3 is 19.0 Å². The van der Waals surface area contributed by atoms with Crippen molar-refractivity contribution < 1.29 is 19.1 Å². The normalized spacial score (nSPS) is 16.4. The molecule has 5 rings (SSSR count). The third kappa shape index (κ3) is 4.28. The molecular formula is C25H26N6O4. The minimum absolute atomic E-state index is 0.131. The van der Waals surface area contributed by atoms with Crippen molar-refractivity contribution in [3.63, 3.8) is 0 Å². The molecule has 1 fully saturated rings. The van der Waals surface area contributed by atoms with Gasteiger partial charge in [-0.05, 0) is 56.5 Å². The Morgan fingerprint density at radius 2 is 2.14 bits per heavy atom. The van der Waals surface area contributed by atoms with E-state index in [4.69, 9.17) is 9.40 Å². The highest BCUT2D eigenvalue weighted by Crippen LogP contribution is 2.34. The fraction of sp³-hybridized carbons (Fsp3) is 0.320. The average molecular weight is 475 g/mol. The highest BCUT2D eigenvalue weighted by atomic mass is 16.4. The van der Waals surface area contributed by atoms with Gasteiger partial charge in [-0.1, -0.05) is 6.58 Å². The van der Waals surface area contributed by atoms with Gasteiger partial charge in [0.05, 0.1) is 11.6 Å². The lowest BCUT2D eigenvalue weighted by atomic mass is 10.1. The lowest BCUT2D eigenvalue weighted by Crippen LogP contribution is -2.34. The summed E-state index contributed by atoms with van der Waals surface area (Å²) in [5, 5.41) is 12.5. The van der Waals surface area contributed by atoms with Crippen LogP contribution in [-0.2, 0) is 11.4 Å². The number of oxazole rings is 1. The van der Waals surface area contributed by atoms with Crippen LogP contribution in [0.15, 0.2) is 47.5 Å². The summed E-state index contributed by atoms with van der Waals surface area (Å²) in [4.78, 5) is 40.8. The van der Waals surface area contributed by atoms with Gasteiger partial charge in [0.15, 0.2) is 5.58 Å². The third-order valence-corrected chi connectivity index (χ3v) is 6.27. The van der Waals surface area contributed by atoms with Gasteiger partial charge in [0.1, 0.15) is 17.6 Å². The van der Waals surface area contributed by atoms with E-state index in [-0.39, 0.29) is 30.4 Å². The Kier molecular flexibility index (Phi) is 6.04. The molecule has 0 saturated carbocycles. The van der Waals surface area contributed by atoms with E-state index in [0.717, 1.165) is 25.0 Å². The van der Waals surface area contributed by atoms with Crippen molar-refractivity contribution in [2.75, 3.05) is 18.4 Å². The number of benzene rings is 1. The minimum atomic E-state index is -0.333. The number of aliphatic hydroxyl groups is 1. The molecule has 1 aromatic carbocycles. The van der Waals surface area contributed by atoms with Gasteiger partial charge in [-0.15, -0.1) is 0 Å². The number of pyridine rings is 1. The van der Waals surface area contributed by atoms with Crippen molar-refractivity contribution in [2.45, 2.75) is 38.8 Å². The van der Waals surface area contributed by atoms with Crippen molar-refractivity contribution >= 4 is 39.9 Å². The molecule has 35 heavy (non-hydrogen) atoms. The van der Waals surface area contributed by atoms with Gasteiger partial charge in [0, 0.05) is 30.5 Å². The zero-order chi connectivity index (χ0) is 24.5. The van der Waals surface area contributed by atoms with E-state index >= 15 is 0 Å². The number of hydrogen-bond acceptors (Lipinski definition) is 7. The van der Waals surface area contributed by atoms with Crippen molar-refractivity contribution in [3.05, 3.63) is 60.3 Å². The standard InChI is InChI=1S/C25H26N6O4/c1-3-21(33)30-11-5-4-6-17(13-30)31-23-18(7-8-19-22(23)28-20(14-32)35-19)27-25(31)29-24(34)16-9-10-26-15(2)12-16/h3,7-10,12,17,32H,1,4-6,11,13-14H2,2H3,(H,27,29,34)/t17-/m1/s1. The lowest BCUT2D eigenvalue weighted by molar-refractivity contribution is -0.126. The molecule has 0 aliphatic carbocycles. The fourth-order valence-corrected chi connectivity index (χ4v) is 4.65. The number of hydrogen-bond donors (Lipinski definition) is 2. The molecule has 4 heterocycles. The van der Waals surface area contributed by atoms with Gasteiger partial charge in [0.2, 0.25) is 17.7 Å². The molecule has 180 valence electrons. The van der Waals surface area contributed by atoms with Gasteiger partial charge in [-0.3, -0.25) is 19.9 Å². The molecule has 2 N–H and O–H groups in total. The zero-order valence-electron chi connectivity index (χ0n) is 19.4. The highest BCUT2D eigenvalue weighted by Gasteiger charge is 2.28. The second kappa shape index (κ2) is 9.30. The molecule has 3 aromatic heterocycles. The van der Waals surface area contributed by atoms with Crippen LogP contribution >= 0.6 is 0 Å². The Bertz CT molecular complexity index is 1440. The third-order valence-electron chi connectivity index (χ3n) is 6.27. The maximum atomic E-state index is 13.1. The molecule has 10 heteroatoms. The van der Waals surface area contributed by atoms with Crippen molar-refractivity contribution in [3.8, 4) is 0 Å². The summed E-state index contributed by atoms with van der Waals surface area (Å²) in [5.41, 5.74) is 3.57. The van der Waals surface area contributed by atoms with Crippen LogP contribution in [0.4, 0.5) is 5.95 Å². The smallest absolute Gasteiger partial charge is 0.258 e. The first-order valence-corrected chi connectivity index (χ1v) is 11.5. The second-order valence-corrected chi connectivity index (χ2v) is 8.63. The number of nitrogens with zero attached hydrogens (tertiary/aromatic N) is 5. The quantitative estimate of drug-likeness (QED) is 0.425. The first-order chi connectivity index (χ1) is 17.0. The number of anilines is 1. The van der Waals surface area contributed by atoms with Crippen molar-refractivity contribution in [1.82, 2.24) is 24.4 Å². The molecule has 1 saturated heterocycles. The summed E-state index contributed by atoms with van der Waals surface area (Å²) in [7, 11) is 0. The monoisotopic (exact) mass is 474 g/mol. The zero-order valence-corrected chi connectivity index (χ0v) is 19.4. The summed E-state index contributed by atoms with van der Waals surface area (Å²) in [6.07, 6.45) is 5.47. The maximum Gasteiger partial charge on any atom is 0.258 e. The van der Waals surface area contributed by atoms with E-state index in [1.807, 2.05) is 11.5 Å². The number of aryl methyl sites for hydroxylation is 1. The largest absolute Gasteiger partial charge is 0.438 e. The number of rotatable bonds is 5. The molecule has 0 unspecified atom stereocenters. The van der Waals surface area contributed by atoms with Crippen LogP contribution < -0.4 is 5.32 Å². The van der Waals surface area contributed by atoms with Crippen LogP contribution in [-0.4, -0.2) is 54.4 Å². The number of fused-ring (bicyclic) bond motifs is 3. The van der Waals surface area contributed by atoms with E-state index in [1.54, 1.807) is 35.4 Å². The van der Waals surface area contributed by atoms with Crippen LogP contribution in [0.3, 0.4) is 0 Å². The molecule has 10 nitrogen and oxygen atoms in total. The van der Waals surface area contributed by atoms with Crippen molar-refractivity contribution in [2.24, 2.45) is 0 Å². The number of aliphatic hydroxyl groups excluding tert-OH is 1. The van der Waals surface area contributed by atoms with E-state index < -0.39 is 0 Å². The molecule has 0 spiro atoms. The Morgan fingerprint density at radius 3 is 2.91 bits per heavy atom. The topological polar surface area (TPSA) is 126 Å². The van der Waals surface area contributed by atoms with Crippen LogP contribution in [0.2, 0.25) is 0 Å². The maximum absolute atomic E-state index is 13.1. The summed E-state index contributed by atoms with van der Waals surface area (Å²) in [6, 6.07) is 6.74. The van der Waals surface area contributed by atoms with Gasteiger partial charge in [0.25, 0.3) is 5.91 Å². The summed E-state index contributed by atoms with van der Waals surface area (Å²) in [5.74, 6) is 0.112.